The largest absolute Gasteiger partial charge is 0.481 e. The fraction of sp³-hybridized carbons (Fsp3) is 0.810. The molecule has 0 radical (unpaired) electrons. The summed E-state index contributed by atoms with van der Waals surface area (Å²) in [4.78, 5) is 25.0. The lowest BCUT2D eigenvalue weighted by Crippen LogP contribution is -2.47. The second-order valence-electron chi connectivity index (χ2n) is 7.26. The maximum absolute atomic E-state index is 12.1. The number of allylic oxidation sites excluding steroid dienone is 1. The number of nitrogens with zero attached hydrogens (tertiary/aromatic N) is 1. The van der Waals surface area contributed by atoms with E-state index in [1.165, 1.54) is 0 Å². The standard InChI is InChI=1S/C21H37NO5/c1-4-5-8-11-18(23)14-16-22-17-15-21(26-2,27-3)19(22)12-9-6-7-10-13-20(24)25/h6,9,19H,4-5,7-8,10-17H2,1-3H3,(H,24,25)/b9-6-/t19-/m0/s1. The average molecular weight is 384 g/mol. The van der Waals surface area contributed by atoms with Crippen LogP contribution in [0.2, 0.25) is 0 Å². The van der Waals surface area contributed by atoms with Crippen molar-refractivity contribution in [1.82, 2.24) is 4.90 Å². The van der Waals surface area contributed by atoms with Crippen molar-refractivity contribution in [3.63, 3.8) is 0 Å². The van der Waals surface area contributed by atoms with Gasteiger partial charge in [-0.05, 0) is 25.7 Å². The summed E-state index contributed by atoms with van der Waals surface area (Å²) in [7, 11) is 3.35. The van der Waals surface area contributed by atoms with Gasteiger partial charge in [-0.25, -0.2) is 0 Å². The lowest BCUT2D eigenvalue weighted by Gasteiger charge is -2.35. The SMILES string of the molecule is CCCCCC(=O)CCN1CCC(OC)(OC)[C@@H]1C/C=C\CCCC(=O)O. The number of carboxylic acids is 1. The summed E-state index contributed by atoms with van der Waals surface area (Å²) >= 11 is 0. The number of methoxy groups -OCH3 is 2. The highest BCUT2D eigenvalue weighted by Crippen LogP contribution is 2.35. The lowest BCUT2D eigenvalue weighted by molar-refractivity contribution is -0.218. The third-order valence-electron chi connectivity index (χ3n) is 5.41. The summed E-state index contributed by atoms with van der Waals surface area (Å²) in [5.74, 6) is -1.07. The number of carboxylic acid groups (broad SMARTS) is 1. The number of carbonyl (C=O) groups is 2. The van der Waals surface area contributed by atoms with Gasteiger partial charge < -0.3 is 14.6 Å². The number of hydrogen-bond donors (Lipinski definition) is 1. The molecule has 6 nitrogen and oxygen atoms in total. The number of hydrogen-bond acceptors (Lipinski definition) is 5. The molecule has 0 aliphatic carbocycles. The number of ether oxygens (including phenoxy) is 2. The molecule has 0 aromatic heterocycles. The third kappa shape index (κ3) is 8.11. The Labute approximate surface area is 163 Å². The van der Waals surface area contributed by atoms with Crippen molar-refractivity contribution >= 4 is 11.8 Å². The van der Waals surface area contributed by atoms with E-state index in [1.807, 2.05) is 6.08 Å². The van der Waals surface area contributed by atoms with E-state index in [0.29, 0.717) is 25.0 Å². The van der Waals surface area contributed by atoms with Gasteiger partial charge >= 0.3 is 5.97 Å². The number of Topliss-reactive ketones (excluding diaryl/α,β-unsaturated/α-hetero) is 1. The Kier molecular flexibility index (Phi) is 11.5. The topological polar surface area (TPSA) is 76.1 Å². The molecular weight excluding hydrogens is 346 g/mol. The molecule has 156 valence electrons. The van der Waals surface area contributed by atoms with Crippen molar-refractivity contribution in [3.8, 4) is 0 Å². The first-order chi connectivity index (χ1) is 13.0. The van der Waals surface area contributed by atoms with Crippen LogP contribution in [-0.4, -0.2) is 60.9 Å². The molecule has 1 saturated heterocycles. The van der Waals surface area contributed by atoms with Crippen LogP contribution in [0.15, 0.2) is 12.2 Å². The highest BCUT2D eigenvalue weighted by atomic mass is 16.7. The summed E-state index contributed by atoms with van der Waals surface area (Å²) in [6.07, 6.45) is 11.7. The van der Waals surface area contributed by atoms with Crippen molar-refractivity contribution in [1.29, 1.82) is 0 Å². The molecule has 1 N–H and O–H groups in total. The molecule has 0 spiro atoms. The number of carbonyl (C=O) groups excluding carboxylic acids is 1. The van der Waals surface area contributed by atoms with Gasteiger partial charge in [0.05, 0.1) is 6.04 Å². The molecule has 0 aromatic carbocycles. The Morgan fingerprint density at radius 1 is 1.11 bits per heavy atom. The van der Waals surface area contributed by atoms with Gasteiger partial charge in [-0.1, -0.05) is 31.9 Å². The fourth-order valence-electron chi connectivity index (χ4n) is 3.74. The van der Waals surface area contributed by atoms with Crippen LogP contribution in [0.1, 0.15) is 71.1 Å². The van der Waals surface area contributed by atoms with E-state index in [1.54, 1.807) is 14.2 Å². The van der Waals surface area contributed by atoms with E-state index in [0.717, 1.165) is 51.6 Å². The van der Waals surface area contributed by atoms with Crippen LogP contribution in [0.4, 0.5) is 0 Å². The summed E-state index contributed by atoms with van der Waals surface area (Å²) in [6, 6.07) is 0.0617. The molecular formula is C21H37NO5. The van der Waals surface area contributed by atoms with Crippen LogP contribution >= 0.6 is 0 Å². The van der Waals surface area contributed by atoms with E-state index < -0.39 is 11.8 Å². The first-order valence-electron chi connectivity index (χ1n) is 10.2. The summed E-state index contributed by atoms with van der Waals surface area (Å²) in [5, 5.41) is 8.69. The molecule has 0 saturated carbocycles. The van der Waals surface area contributed by atoms with Gasteiger partial charge in [0, 0.05) is 53.0 Å². The third-order valence-corrected chi connectivity index (χ3v) is 5.41. The number of rotatable bonds is 15. The summed E-state index contributed by atoms with van der Waals surface area (Å²) in [5.41, 5.74) is 0. The van der Waals surface area contributed by atoms with Gasteiger partial charge in [0.1, 0.15) is 5.78 Å². The van der Waals surface area contributed by atoms with Gasteiger partial charge in [-0.3, -0.25) is 14.5 Å². The van der Waals surface area contributed by atoms with Crippen LogP contribution in [0.5, 0.6) is 0 Å². The number of likely N-dealkylation sites (tertiary alicyclic amines) is 1. The Hall–Kier alpha value is -1.24. The molecule has 1 heterocycles. The van der Waals surface area contributed by atoms with Gasteiger partial charge in [0.15, 0.2) is 5.79 Å². The van der Waals surface area contributed by atoms with Crippen molar-refractivity contribution in [2.45, 2.75) is 83.0 Å². The fourth-order valence-corrected chi connectivity index (χ4v) is 3.74. The van der Waals surface area contributed by atoms with Crippen LogP contribution in [0.25, 0.3) is 0 Å². The molecule has 0 unspecified atom stereocenters. The minimum Gasteiger partial charge on any atom is -0.481 e. The molecule has 1 aliphatic rings. The van der Waals surface area contributed by atoms with Gasteiger partial charge in [-0.15, -0.1) is 0 Å². The molecule has 1 rings (SSSR count). The molecule has 0 amide bonds. The molecule has 1 aliphatic heterocycles. The zero-order valence-electron chi connectivity index (χ0n) is 17.2. The van der Waals surface area contributed by atoms with Gasteiger partial charge in [0.2, 0.25) is 0 Å². The quantitative estimate of drug-likeness (QED) is 0.263. The molecule has 0 bridgehead atoms. The predicted octanol–water partition coefficient (Wildman–Crippen LogP) is 3.79. The lowest BCUT2D eigenvalue weighted by atomic mass is 10.0. The predicted molar refractivity (Wildman–Crippen MR) is 106 cm³/mol. The number of aliphatic carboxylic acids is 1. The molecule has 1 atom stereocenters. The van der Waals surface area contributed by atoms with Crippen molar-refractivity contribution in [2.75, 3.05) is 27.3 Å². The van der Waals surface area contributed by atoms with Crippen LogP contribution in [-0.2, 0) is 19.1 Å². The summed E-state index contributed by atoms with van der Waals surface area (Å²) in [6.45, 7) is 3.72. The molecule has 27 heavy (non-hydrogen) atoms. The minimum absolute atomic E-state index is 0.0617. The van der Waals surface area contributed by atoms with E-state index in [9.17, 15) is 9.59 Å². The first kappa shape index (κ1) is 23.8. The summed E-state index contributed by atoms with van der Waals surface area (Å²) < 4.78 is 11.5. The van der Waals surface area contributed by atoms with E-state index in [4.69, 9.17) is 14.6 Å². The van der Waals surface area contributed by atoms with Crippen LogP contribution < -0.4 is 0 Å². The monoisotopic (exact) mass is 383 g/mol. The zero-order chi connectivity index (χ0) is 20.1. The van der Waals surface area contributed by atoms with E-state index in [2.05, 4.69) is 17.9 Å². The van der Waals surface area contributed by atoms with Gasteiger partial charge in [-0.2, -0.15) is 0 Å². The average Bonchev–Trinajstić information content (AvgIpc) is 3.01. The smallest absolute Gasteiger partial charge is 0.303 e. The van der Waals surface area contributed by atoms with Crippen molar-refractivity contribution in [2.24, 2.45) is 0 Å². The number of unbranched alkanes of at least 4 members (excludes halogenated alkanes) is 3. The van der Waals surface area contributed by atoms with E-state index >= 15 is 0 Å². The maximum atomic E-state index is 12.1. The molecule has 0 aromatic rings. The first-order valence-corrected chi connectivity index (χ1v) is 10.2. The van der Waals surface area contributed by atoms with E-state index in [-0.39, 0.29) is 12.5 Å². The Balaban J connectivity index is 2.55. The highest BCUT2D eigenvalue weighted by Gasteiger charge is 2.47. The maximum Gasteiger partial charge on any atom is 0.303 e. The Morgan fingerprint density at radius 2 is 1.85 bits per heavy atom. The Bertz CT molecular complexity index is 473. The minimum atomic E-state index is -0.758. The molecule has 1 fully saturated rings. The zero-order valence-corrected chi connectivity index (χ0v) is 17.2. The Morgan fingerprint density at radius 3 is 2.48 bits per heavy atom. The normalized spacial score (nSPS) is 19.7. The van der Waals surface area contributed by atoms with Crippen molar-refractivity contribution < 1.29 is 24.2 Å². The van der Waals surface area contributed by atoms with Crippen molar-refractivity contribution in [3.05, 3.63) is 12.2 Å². The van der Waals surface area contributed by atoms with Crippen LogP contribution in [0, 0.1) is 0 Å². The number of ketones is 1. The molecule has 6 heteroatoms. The van der Waals surface area contributed by atoms with Crippen LogP contribution in [0.3, 0.4) is 0 Å². The van der Waals surface area contributed by atoms with Gasteiger partial charge in [0.25, 0.3) is 0 Å². The second-order valence-corrected chi connectivity index (χ2v) is 7.26. The highest BCUT2D eigenvalue weighted by molar-refractivity contribution is 5.78. The second kappa shape index (κ2) is 13.0.